The van der Waals surface area contributed by atoms with Crippen LogP contribution in [-0.4, -0.2) is 47.6 Å². The molecule has 1 fully saturated rings. The van der Waals surface area contributed by atoms with Gasteiger partial charge in [-0.1, -0.05) is 6.92 Å². The van der Waals surface area contributed by atoms with Gasteiger partial charge >= 0.3 is 5.97 Å². The highest BCUT2D eigenvalue weighted by atomic mass is 16.4. The van der Waals surface area contributed by atoms with E-state index in [0.29, 0.717) is 19.5 Å². The number of carbonyl (C=O) groups is 2. The zero-order chi connectivity index (χ0) is 11.6. The number of hydrogen-bond acceptors (Lipinski definition) is 3. The van der Waals surface area contributed by atoms with Crippen LogP contribution in [0.1, 0.15) is 20.3 Å². The second-order valence-corrected chi connectivity index (χ2v) is 4.37. The van der Waals surface area contributed by atoms with Crippen LogP contribution in [0.5, 0.6) is 0 Å². The molecule has 0 saturated carbocycles. The summed E-state index contributed by atoms with van der Waals surface area (Å²) >= 11 is 0. The van der Waals surface area contributed by atoms with Gasteiger partial charge in [-0.2, -0.15) is 0 Å². The highest BCUT2D eigenvalue weighted by molar-refractivity contribution is 5.86. The first-order valence-electron chi connectivity index (χ1n) is 5.09. The number of nitrogens with one attached hydrogen (secondary N) is 1. The standard InChI is InChI=1S/C10H18N2O3/c1-7-6-12(3)5-4-10(7,9(14)15)11-8(2)13/h7H,4-6H2,1-3H3,(H,11,13)(H,14,15). The number of hydrogen-bond donors (Lipinski definition) is 2. The van der Waals surface area contributed by atoms with Gasteiger partial charge in [0.1, 0.15) is 5.54 Å². The van der Waals surface area contributed by atoms with Gasteiger partial charge in [-0.3, -0.25) is 4.79 Å². The maximum absolute atomic E-state index is 11.3. The third-order valence-electron chi connectivity index (χ3n) is 3.10. The van der Waals surface area contributed by atoms with Crippen LogP contribution in [0, 0.1) is 5.92 Å². The topological polar surface area (TPSA) is 69.6 Å². The van der Waals surface area contributed by atoms with Crippen LogP contribution in [0.15, 0.2) is 0 Å². The van der Waals surface area contributed by atoms with Crippen molar-refractivity contribution in [2.45, 2.75) is 25.8 Å². The fourth-order valence-electron chi connectivity index (χ4n) is 2.20. The van der Waals surface area contributed by atoms with Crippen molar-refractivity contribution in [3.63, 3.8) is 0 Å². The summed E-state index contributed by atoms with van der Waals surface area (Å²) in [4.78, 5) is 24.4. The molecule has 1 aliphatic rings. The molecule has 0 aromatic carbocycles. The first kappa shape index (κ1) is 12.0. The van der Waals surface area contributed by atoms with E-state index in [4.69, 9.17) is 0 Å². The molecule has 1 amide bonds. The van der Waals surface area contributed by atoms with Crippen LogP contribution in [0.25, 0.3) is 0 Å². The van der Waals surface area contributed by atoms with Gasteiger partial charge in [0, 0.05) is 25.9 Å². The number of piperidine rings is 1. The fourth-order valence-corrected chi connectivity index (χ4v) is 2.20. The van der Waals surface area contributed by atoms with E-state index in [1.165, 1.54) is 6.92 Å². The van der Waals surface area contributed by atoms with Crippen molar-refractivity contribution in [1.82, 2.24) is 10.2 Å². The molecule has 1 saturated heterocycles. The second kappa shape index (κ2) is 4.18. The molecule has 5 nitrogen and oxygen atoms in total. The number of amides is 1. The van der Waals surface area contributed by atoms with E-state index in [1.54, 1.807) is 0 Å². The van der Waals surface area contributed by atoms with E-state index in [1.807, 2.05) is 14.0 Å². The number of aliphatic carboxylic acids is 1. The molecule has 5 heteroatoms. The third kappa shape index (κ3) is 2.28. The number of likely N-dealkylation sites (tertiary alicyclic amines) is 1. The molecule has 2 atom stereocenters. The Kier molecular flexibility index (Phi) is 3.34. The fraction of sp³-hybridized carbons (Fsp3) is 0.800. The lowest BCUT2D eigenvalue weighted by molar-refractivity contribution is -0.152. The number of carboxylic acid groups (broad SMARTS) is 1. The van der Waals surface area contributed by atoms with E-state index in [0.717, 1.165) is 0 Å². The van der Waals surface area contributed by atoms with Crippen molar-refractivity contribution in [2.24, 2.45) is 5.92 Å². The number of carbonyl (C=O) groups excluding carboxylic acids is 1. The largest absolute Gasteiger partial charge is 0.479 e. The van der Waals surface area contributed by atoms with Crippen molar-refractivity contribution in [3.05, 3.63) is 0 Å². The van der Waals surface area contributed by atoms with E-state index in [-0.39, 0.29) is 11.8 Å². The molecule has 2 unspecified atom stereocenters. The third-order valence-corrected chi connectivity index (χ3v) is 3.10. The Balaban J connectivity index is 2.90. The van der Waals surface area contributed by atoms with E-state index in [9.17, 15) is 14.7 Å². The number of carboxylic acids is 1. The van der Waals surface area contributed by atoms with Gasteiger partial charge in [0.15, 0.2) is 0 Å². The first-order valence-corrected chi connectivity index (χ1v) is 5.09. The van der Waals surface area contributed by atoms with Crippen molar-refractivity contribution >= 4 is 11.9 Å². The van der Waals surface area contributed by atoms with Crippen molar-refractivity contribution < 1.29 is 14.7 Å². The Morgan fingerprint density at radius 1 is 1.53 bits per heavy atom. The van der Waals surface area contributed by atoms with Crippen LogP contribution in [0.3, 0.4) is 0 Å². The summed E-state index contributed by atoms with van der Waals surface area (Å²) in [7, 11) is 1.95. The minimum atomic E-state index is -1.08. The molecular formula is C10H18N2O3. The lowest BCUT2D eigenvalue weighted by Gasteiger charge is -2.42. The summed E-state index contributed by atoms with van der Waals surface area (Å²) in [5.41, 5.74) is -1.08. The normalized spacial score (nSPS) is 32.3. The van der Waals surface area contributed by atoms with Gasteiger partial charge in [0.05, 0.1) is 0 Å². The molecule has 0 aromatic heterocycles. The Bertz CT molecular complexity index is 280. The number of nitrogens with zero attached hydrogens (tertiary/aromatic N) is 1. The quantitative estimate of drug-likeness (QED) is 0.674. The predicted molar refractivity (Wildman–Crippen MR) is 55.5 cm³/mol. The molecule has 0 bridgehead atoms. The van der Waals surface area contributed by atoms with Gasteiger partial charge in [-0.05, 0) is 13.5 Å². The second-order valence-electron chi connectivity index (χ2n) is 4.37. The Morgan fingerprint density at radius 3 is 2.53 bits per heavy atom. The van der Waals surface area contributed by atoms with Crippen LogP contribution >= 0.6 is 0 Å². The van der Waals surface area contributed by atoms with Gasteiger partial charge in [0.2, 0.25) is 5.91 Å². The summed E-state index contributed by atoms with van der Waals surface area (Å²) in [6, 6.07) is 0. The van der Waals surface area contributed by atoms with Crippen LogP contribution in [0.4, 0.5) is 0 Å². The Hall–Kier alpha value is -1.10. The zero-order valence-corrected chi connectivity index (χ0v) is 9.41. The van der Waals surface area contributed by atoms with Gasteiger partial charge in [0.25, 0.3) is 0 Å². The summed E-state index contributed by atoms with van der Waals surface area (Å²) in [5, 5.41) is 11.9. The monoisotopic (exact) mass is 214 g/mol. The zero-order valence-electron chi connectivity index (χ0n) is 9.41. The molecule has 0 radical (unpaired) electrons. The van der Waals surface area contributed by atoms with E-state index in [2.05, 4.69) is 10.2 Å². The van der Waals surface area contributed by atoms with Crippen molar-refractivity contribution in [3.8, 4) is 0 Å². The van der Waals surface area contributed by atoms with Gasteiger partial charge < -0.3 is 15.3 Å². The SMILES string of the molecule is CC(=O)NC1(C(=O)O)CCN(C)CC1C. The number of rotatable bonds is 2. The Labute approximate surface area is 89.4 Å². The molecule has 86 valence electrons. The smallest absolute Gasteiger partial charge is 0.329 e. The molecule has 0 spiro atoms. The minimum absolute atomic E-state index is 0.0855. The molecule has 15 heavy (non-hydrogen) atoms. The Morgan fingerprint density at radius 2 is 2.13 bits per heavy atom. The summed E-state index contributed by atoms with van der Waals surface area (Å²) in [6.07, 6.45) is 0.458. The summed E-state index contributed by atoms with van der Waals surface area (Å²) < 4.78 is 0. The molecule has 1 heterocycles. The van der Waals surface area contributed by atoms with Gasteiger partial charge in [-0.15, -0.1) is 0 Å². The van der Waals surface area contributed by atoms with E-state index >= 15 is 0 Å². The predicted octanol–water partition coefficient (Wildman–Crippen LogP) is -0.0825. The molecule has 0 aromatic rings. The molecular weight excluding hydrogens is 196 g/mol. The first-order chi connectivity index (χ1) is 6.88. The molecule has 1 aliphatic heterocycles. The van der Waals surface area contributed by atoms with Crippen LogP contribution in [-0.2, 0) is 9.59 Å². The van der Waals surface area contributed by atoms with Crippen molar-refractivity contribution in [1.29, 1.82) is 0 Å². The highest BCUT2D eigenvalue weighted by Gasteiger charge is 2.47. The van der Waals surface area contributed by atoms with Gasteiger partial charge in [-0.25, -0.2) is 4.79 Å². The minimum Gasteiger partial charge on any atom is -0.479 e. The average molecular weight is 214 g/mol. The molecule has 0 aliphatic carbocycles. The van der Waals surface area contributed by atoms with Crippen LogP contribution < -0.4 is 5.32 Å². The van der Waals surface area contributed by atoms with E-state index < -0.39 is 11.5 Å². The lowest BCUT2D eigenvalue weighted by atomic mass is 9.79. The van der Waals surface area contributed by atoms with Crippen LogP contribution in [0.2, 0.25) is 0 Å². The molecule has 2 N–H and O–H groups in total. The highest BCUT2D eigenvalue weighted by Crippen LogP contribution is 2.27. The maximum Gasteiger partial charge on any atom is 0.329 e. The maximum atomic E-state index is 11.3. The summed E-state index contributed by atoms with van der Waals surface area (Å²) in [6.45, 7) is 4.60. The average Bonchev–Trinajstić information content (AvgIpc) is 2.09. The molecule has 1 rings (SSSR count). The lowest BCUT2D eigenvalue weighted by Crippen LogP contribution is -2.64. The summed E-state index contributed by atoms with van der Waals surface area (Å²) in [5.74, 6) is -1.30. The van der Waals surface area contributed by atoms with Crippen molar-refractivity contribution in [2.75, 3.05) is 20.1 Å².